The van der Waals surface area contributed by atoms with Gasteiger partial charge in [0.15, 0.2) is 0 Å². The van der Waals surface area contributed by atoms with Crippen LogP contribution < -0.4 is 0 Å². The lowest BCUT2D eigenvalue weighted by molar-refractivity contribution is 0.482. The van der Waals surface area contributed by atoms with Gasteiger partial charge in [-0.15, -0.1) is 0 Å². The van der Waals surface area contributed by atoms with E-state index in [0.29, 0.717) is 0 Å². The van der Waals surface area contributed by atoms with Gasteiger partial charge >= 0.3 is 0 Å². The largest absolute Gasteiger partial charge is 0.0929 e. The van der Waals surface area contributed by atoms with E-state index in [4.69, 9.17) is 0 Å². The Morgan fingerprint density at radius 2 is 0.970 bits per heavy atom. The smallest absolute Gasteiger partial charge is 0.0164 e. The monoisotopic (exact) mass is 486 g/mol. The predicted molar refractivity (Wildman–Crippen MR) is 152 cm³/mol. The Hall–Kier alpha value is 0.340. The van der Waals surface area contributed by atoms with E-state index in [1.807, 2.05) is 0 Å². The standard InChI is InChI=1S/C31H52P2/c1-25(32(27-14-6-2-7-15-27)28-16-8-3-9-17-28)26-22-23-31(24-26)33(29-18-10-4-11-19-29)30-20-12-5-13-21-30/h22-25,27-31H,2-21H2,1H3/t25-,31?/m1/s1. The van der Waals surface area contributed by atoms with Crippen LogP contribution in [0.15, 0.2) is 23.8 Å². The van der Waals surface area contributed by atoms with Crippen molar-refractivity contribution in [3.63, 3.8) is 0 Å². The summed E-state index contributed by atoms with van der Waals surface area (Å²) in [6.45, 7) is 2.69. The van der Waals surface area contributed by atoms with Crippen LogP contribution in [0.1, 0.15) is 135 Å². The van der Waals surface area contributed by atoms with Crippen LogP contribution in [0.4, 0.5) is 0 Å². The molecule has 5 aliphatic carbocycles. The number of allylic oxidation sites excluding steroid dienone is 4. The van der Waals surface area contributed by atoms with Crippen LogP contribution in [0.5, 0.6) is 0 Å². The predicted octanol–water partition coefficient (Wildman–Crippen LogP) is 10.5. The van der Waals surface area contributed by atoms with Crippen LogP contribution in [0, 0.1) is 0 Å². The van der Waals surface area contributed by atoms with Gasteiger partial charge in [-0.05, 0) is 79.6 Å². The first kappa shape index (κ1) is 25.0. The minimum atomic E-state index is 0.146. The molecule has 4 fully saturated rings. The van der Waals surface area contributed by atoms with Gasteiger partial charge in [0.25, 0.3) is 0 Å². The molecule has 0 aromatic carbocycles. The van der Waals surface area contributed by atoms with Gasteiger partial charge in [0.2, 0.25) is 0 Å². The molecule has 0 heterocycles. The first-order valence-corrected chi connectivity index (χ1v) is 18.4. The van der Waals surface area contributed by atoms with Gasteiger partial charge < -0.3 is 0 Å². The molecule has 0 nitrogen and oxygen atoms in total. The number of hydrogen-bond acceptors (Lipinski definition) is 0. The fourth-order valence-corrected chi connectivity index (χ4v) is 16.8. The molecule has 33 heavy (non-hydrogen) atoms. The minimum absolute atomic E-state index is 0.146. The third-order valence-electron chi connectivity index (χ3n) is 10.1. The van der Waals surface area contributed by atoms with Crippen molar-refractivity contribution in [3.05, 3.63) is 23.8 Å². The van der Waals surface area contributed by atoms with Crippen molar-refractivity contribution < 1.29 is 0 Å². The maximum absolute atomic E-state index is 2.89. The fourth-order valence-electron chi connectivity index (χ4n) is 8.39. The SMILES string of the molecule is C[C@H](C1=CC(P(C2CCCCC2)C2CCCCC2)C=C1)P(C1CCCCC1)C1CCCCC1. The molecule has 2 atom stereocenters. The highest BCUT2D eigenvalue weighted by Gasteiger charge is 2.39. The summed E-state index contributed by atoms with van der Waals surface area (Å²) in [7, 11) is 0.297. The van der Waals surface area contributed by atoms with Gasteiger partial charge in [-0.2, -0.15) is 0 Å². The van der Waals surface area contributed by atoms with Crippen molar-refractivity contribution in [2.24, 2.45) is 0 Å². The van der Waals surface area contributed by atoms with Gasteiger partial charge in [-0.3, -0.25) is 0 Å². The lowest BCUT2D eigenvalue weighted by atomic mass is 9.99. The van der Waals surface area contributed by atoms with Gasteiger partial charge in [-0.1, -0.05) is 118 Å². The Balaban J connectivity index is 1.34. The molecule has 5 aliphatic rings. The molecule has 0 saturated heterocycles. The second kappa shape index (κ2) is 12.5. The summed E-state index contributed by atoms with van der Waals surface area (Å²) in [6, 6.07) is 0. The Bertz CT molecular complexity index is 606. The lowest BCUT2D eigenvalue weighted by Crippen LogP contribution is -2.26. The Morgan fingerprint density at radius 3 is 1.39 bits per heavy atom. The maximum Gasteiger partial charge on any atom is 0.0164 e. The Kier molecular flexibility index (Phi) is 9.50. The van der Waals surface area contributed by atoms with Gasteiger partial charge in [-0.25, -0.2) is 0 Å². The van der Waals surface area contributed by atoms with Crippen molar-refractivity contribution in [1.29, 1.82) is 0 Å². The van der Waals surface area contributed by atoms with Gasteiger partial charge in [0.05, 0.1) is 0 Å². The van der Waals surface area contributed by atoms with Crippen LogP contribution in [-0.4, -0.2) is 34.0 Å². The van der Waals surface area contributed by atoms with E-state index in [1.165, 1.54) is 77.0 Å². The first-order chi connectivity index (χ1) is 16.3. The Morgan fingerprint density at radius 1 is 0.576 bits per heavy atom. The van der Waals surface area contributed by atoms with E-state index >= 15 is 0 Å². The van der Waals surface area contributed by atoms with Crippen LogP contribution >= 0.6 is 15.8 Å². The summed E-state index contributed by atoms with van der Waals surface area (Å²) in [6.07, 6.45) is 39.0. The first-order valence-electron chi connectivity index (χ1n) is 15.3. The van der Waals surface area contributed by atoms with E-state index in [0.717, 1.165) is 34.0 Å². The minimum Gasteiger partial charge on any atom is -0.0929 e. The molecule has 0 N–H and O–H groups in total. The number of rotatable bonds is 7. The van der Waals surface area contributed by atoms with E-state index in [1.54, 1.807) is 56.9 Å². The average Bonchev–Trinajstić information content (AvgIpc) is 3.37. The van der Waals surface area contributed by atoms with Gasteiger partial charge in [0, 0.05) is 11.3 Å². The van der Waals surface area contributed by atoms with E-state index in [2.05, 4.69) is 25.2 Å². The highest BCUT2D eigenvalue weighted by molar-refractivity contribution is 7.60. The second-order valence-corrected chi connectivity index (χ2v) is 18.3. The van der Waals surface area contributed by atoms with Crippen LogP contribution in [-0.2, 0) is 0 Å². The molecule has 4 saturated carbocycles. The third-order valence-corrected chi connectivity index (χ3v) is 17.7. The molecule has 0 aliphatic heterocycles. The molecular formula is C31H52P2. The highest BCUT2D eigenvalue weighted by Crippen LogP contribution is 2.64. The molecule has 5 rings (SSSR count). The molecule has 0 amide bonds. The summed E-state index contributed by atoms with van der Waals surface area (Å²) in [5, 5.41) is 0. The van der Waals surface area contributed by atoms with Crippen molar-refractivity contribution in [2.45, 2.75) is 169 Å². The molecule has 0 bridgehead atoms. The molecule has 0 spiro atoms. The molecule has 2 heteroatoms. The summed E-state index contributed by atoms with van der Waals surface area (Å²) in [5.74, 6) is 0. The van der Waals surface area contributed by atoms with Crippen molar-refractivity contribution in [2.75, 3.05) is 0 Å². The normalized spacial score (nSPS) is 30.3. The van der Waals surface area contributed by atoms with Crippen molar-refractivity contribution >= 4 is 15.8 Å². The van der Waals surface area contributed by atoms with Crippen molar-refractivity contribution in [1.82, 2.24) is 0 Å². The zero-order chi connectivity index (χ0) is 22.5. The van der Waals surface area contributed by atoms with Crippen molar-refractivity contribution in [3.8, 4) is 0 Å². The summed E-state index contributed by atoms with van der Waals surface area (Å²) < 4.78 is 0. The lowest BCUT2D eigenvalue weighted by Gasteiger charge is -2.42. The van der Waals surface area contributed by atoms with Gasteiger partial charge in [0.1, 0.15) is 0 Å². The van der Waals surface area contributed by atoms with E-state index in [9.17, 15) is 0 Å². The molecular weight excluding hydrogens is 434 g/mol. The van der Waals surface area contributed by atoms with Crippen LogP contribution in [0.2, 0.25) is 0 Å². The zero-order valence-electron chi connectivity index (χ0n) is 21.7. The summed E-state index contributed by atoms with van der Waals surface area (Å²) in [4.78, 5) is 0. The molecule has 0 radical (unpaired) electrons. The fraction of sp³-hybridized carbons (Fsp3) is 0.871. The molecule has 1 unspecified atom stereocenters. The Labute approximate surface area is 208 Å². The molecule has 186 valence electrons. The highest BCUT2D eigenvalue weighted by atomic mass is 31.1. The second-order valence-electron chi connectivity index (χ2n) is 12.3. The van der Waals surface area contributed by atoms with Crippen LogP contribution in [0.25, 0.3) is 0 Å². The van der Waals surface area contributed by atoms with E-state index < -0.39 is 0 Å². The molecule has 0 aromatic heterocycles. The zero-order valence-corrected chi connectivity index (χ0v) is 23.5. The number of hydrogen-bond donors (Lipinski definition) is 0. The summed E-state index contributed by atoms with van der Waals surface area (Å²) >= 11 is 0. The van der Waals surface area contributed by atoms with E-state index in [-0.39, 0.29) is 15.8 Å². The summed E-state index contributed by atoms with van der Waals surface area (Å²) in [5.41, 5.74) is 7.82. The maximum atomic E-state index is 2.89. The quantitative estimate of drug-likeness (QED) is 0.314. The average molecular weight is 487 g/mol. The third kappa shape index (κ3) is 6.19. The molecule has 0 aromatic rings. The topological polar surface area (TPSA) is 0 Å². The van der Waals surface area contributed by atoms with Crippen LogP contribution in [0.3, 0.4) is 0 Å².